The Bertz CT molecular complexity index is 280. The van der Waals surface area contributed by atoms with Crippen LogP contribution in [0.5, 0.6) is 0 Å². The average Bonchev–Trinajstić information content (AvgIpc) is 2.32. The Morgan fingerprint density at radius 2 is 1.84 bits per heavy atom. The largest absolute Gasteiger partial charge is 0.481 e. The molecule has 0 aromatic rings. The summed E-state index contributed by atoms with van der Waals surface area (Å²) >= 11 is 0. The number of amides is 1. The minimum absolute atomic E-state index is 0.109. The molecule has 0 aliphatic heterocycles. The van der Waals surface area contributed by atoms with Crippen molar-refractivity contribution >= 4 is 11.9 Å². The topological polar surface area (TPSA) is 92.4 Å². The van der Waals surface area contributed by atoms with Crippen molar-refractivity contribution in [2.24, 2.45) is 17.6 Å². The molecule has 19 heavy (non-hydrogen) atoms. The molecule has 0 spiro atoms. The number of carbonyl (C=O) groups excluding carboxylic acids is 1. The zero-order valence-electron chi connectivity index (χ0n) is 12.3. The molecule has 4 N–H and O–H groups in total. The van der Waals surface area contributed by atoms with Gasteiger partial charge in [-0.1, -0.05) is 27.2 Å². The molecule has 0 bridgehead atoms. The fourth-order valence-corrected chi connectivity index (χ4v) is 2.07. The molecule has 0 heterocycles. The lowest BCUT2D eigenvalue weighted by atomic mass is 9.88. The SMILES string of the molecule is CCC[C@H](N)C(=O)NCCC(CCC(=O)O)C(C)C. The van der Waals surface area contributed by atoms with Gasteiger partial charge in [-0.2, -0.15) is 0 Å². The van der Waals surface area contributed by atoms with Gasteiger partial charge in [0.05, 0.1) is 6.04 Å². The first-order valence-electron chi connectivity index (χ1n) is 7.13. The minimum atomic E-state index is -0.764. The number of nitrogens with two attached hydrogens (primary N) is 1. The second-order valence-corrected chi connectivity index (χ2v) is 5.41. The second kappa shape index (κ2) is 9.78. The maximum Gasteiger partial charge on any atom is 0.303 e. The highest BCUT2D eigenvalue weighted by atomic mass is 16.4. The molecule has 0 saturated carbocycles. The van der Waals surface area contributed by atoms with Crippen molar-refractivity contribution < 1.29 is 14.7 Å². The van der Waals surface area contributed by atoms with E-state index in [0.717, 1.165) is 12.8 Å². The van der Waals surface area contributed by atoms with Crippen molar-refractivity contribution in [3.05, 3.63) is 0 Å². The van der Waals surface area contributed by atoms with E-state index in [4.69, 9.17) is 10.8 Å². The number of aliphatic carboxylic acids is 1. The van der Waals surface area contributed by atoms with Crippen LogP contribution in [0, 0.1) is 11.8 Å². The highest BCUT2D eigenvalue weighted by Crippen LogP contribution is 2.20. The fourth-order valence-electron chi connectivity index (χ4n) is 2.07. The van der Waals surface area contributed by atoms with Crippen LogP contribution in [0.3, 0.4) is 0 Å². The van der Waals surface area contributed by atoms with E-state index in [1.807, 2.05) is 6.92 Å². The van der Waals surface area contributed by atoms with Gasteiger partial charge >= 0.3 is 5.97 Å². The normalized spacial score (nSPS) is 14.2. The molecule has 0 saturated heterocycles. The van der Waals surface area contributed by atoms with Crippen LogP contribution >= 0.6 is 0 Å². The van der Waals surface area contributed by atoms with Crippen LogP contribution in [0.15, 0.2) is 0 Å². The minimum Gasteiger partial charge on any atom is -0.481 e. The number of hydrogen-bond donors (Lipinski definition) is 3. The van der Waals surface area contributed by atoms with Gasteiger partial charge in [0.1, 0.15) is 0 Å². The Morgan fingerprint density at radius 1 is 1.21 bits per heavy atom. The number of rotatable bonds is 10. The summed E-state index contributed by atoms with van der Waals surface area (Å²) in [6.45, 7) is 6.72. The monoisotopic (exact) mass is 272 g/mol. The van der Waals surface area contributed by atoms with Crippen LogP contribution in [0.2, 0.25) is 0 Å². The van der Waals surface area contributed by atoms with Gasteiger partial charge in [0, 0.05) is 13.0 Å². The van der Waals surface area contributed by atoms with Crippen LogP contribution in [0.4, 0.5) is 0 Å². The smallest absolute Gasteiger partial charge is 0.303 e. The standard InChI is InChI=1S/C14H28N2O3/c1-4-5-12(15)14(19)16-9-8-11(10(2)3)6-7-13(17)18/h10-12H,4-9,15H2,1-3H3,(H,16,19)(H,17,18)/t11?,12-/m0/s1. The summed E-state index contributed by atoms with van der Waals surface area (Å²) in [5, 5.41) is 11.5. The van der Waals surface area contributed by atoms with E-state index in [2.05, 4.69) is 19.2 Å². The van der Waals surface area contributed by atoms with Crippen LogP contribution in [0.1, 0.15) is 52.9 Å². The van der Waals surface area contributed by atoms with E-state index in [1.165, 1.54) is 0 Å². The lowest BCUT2D eigenvalue weighted by Gasteiger charge is -2.20. The average molecular weight is 272 g/mol. The summed E-state index contributed by atoms with van der Waals surface area (Å²) in [5.41, 5.74) is 5.71. The molecule has 1 amide bonds. The predicted octanol–water partition coefficient (Wildman–Crippen LogP) is 1.76. The molecule has 5 heteroatoms. The molecule has 0 aromatic heterocycles. The number of carboxylic acid groups (broad SMARTS) is 1. The van der Waals surface area contributed by atoms with Gasteiger partial charge in [-0.15, -0.1) is 0 Å². The van der Waals surface area contributed by atoms with Gasteiger partial charge < -0.3 is 16.2 Å². The molecular weight excluding hydrogens is 244 g/mol. The first-order valence-corrected chi connectivity index (χ1v) is 7.13. The molecule has 0 aliphatic carbocycles. The quantitative estimate of drug-likeness (QED) is 0.565. The number of carboxylic acids is 1. The van der Waals surface area contributed by atoms with Crippen molar-refractivity contribution in [1.29, 1.82) is 0 Å². The van der Waals surface area contributed by atoms with Gasteiger partial charge in [-0.25, -0.2) is 0 Å². The molecule has 2 atom stereocenters. The predicted molar refractivity (Wildman–Crippen MR) is 75.7 cm³/mol. The summed E-state index contributed by atoms with van der Waals surface area (Å²) in [6, 6.07) is -0.429. The summed E-state index contributed by atoms with van der Waals surface area (Å²) in [6.07, 6.45) is 3.23. The molecule has 112 valence electrons. The van der Waals surface area contributed by atoms with Gasteiger partial charge in [0.15, 0.2) is 0 Å². The zero-order valence-corrected chi connectivity index (χ0v) is 12.3. The lowest BCUT2D eigenvalue weighted by molar-refractivity contribution is -0.137. The number of hydrogen-bond acceptors (Lipinski definition) is 3. The van der Waals surface area contributed by atoms with E-state index < -0.39 is 12.0 Å². The third-order valence-electron chi connectivity index (χ3n) is 3.42. The van der Waals surface area contributed by atoms with Gasteiger partial charge in [-0.05, 0) is 31.1 Å². The molecule has 0 aromatic carbocycles. The van der Waals surface area contributed by atoms with Crippen LogP contribution < -0.4 is 11.1 Å². The van der Waals surface area contributed by atoms with Crippen LogP contribution in [-0.4, -0.2) is 29.6 Å². The lowest BCUT2D eigenvalue weighted by Crippen LogP contribution is -2.41. The summed E-state index contributed by atoms with van der Waals surface area (Å²) in [4.78, 5) is 22.2. The Hall–Kier alpha value is -1.10. The van der Waals surface area contributed by atoms with Crippen molar-refractivity contribution in [2.75, 3.05) is 6.54 Å². The second-order valence-electron chi connectivity index (χ2n) is 5.41. The molecule has 0 aliphatic rings. The van der Waals surface area contributed by atoms with E-state index in [1.54, 1.807) is 0 Å². The molecule has 0 fully saturated rings. The third-order valence-corrected chi connectivity index (χ3v) is 3.42. The molecule has 0 radical (unpaired) electrons. The first-order chi connectivity index (χ1) is 8.88. The Labute approximate surface area is 115 Å². The van der Waals surface area contributed by atoms with E-state index >= 15 is 0 Å². The Kier molecular flexibility index (Phi) is 9.21. The first kappa shape index (κ1) is 17.9. The molecule has 1 unspecified atom stereocenters. The maximum atomic E-state index is 11.6. The summed E-state index contributed by atoms with van der Waals surface area (Å²) in [7, 11) is 0. The van der Waals surface area contributed by atoms with Gasteiger partial charge in [-0.3, -0.25) is 9.59 Å². The molecule has 5 nitrogen and oxygen atoms in total. The maximum absolute atomic E-state index is 11.6. The van der Waals surface area contributed by atoms with E-state index in [-0.39, 0.29) is 12.3 Å². The highest BCUT2D eigenvalue weighted by molar-refractivity contribution is 5.81. The molecule has 0 rings (SSSR count). The van der Waals surface area contributed by atoms with Crippen molar-refractivity contribution in [3.63, 3.8) is 0 Å². The van der Waals surface area contributed by atoms with E-state index in [9.17, 15) is 9.59 Å². The van der Waals surface area contributed by atoms with Gasteiger partial charge in [0.2, 0.25) is 5.91 Å². The fraction of sp³-hybridized carbons (Fsp3) is 0.857. The van der Waals surface area contributed by atoms with Crippen LogP contribution in [-0.2, 0) is 9.59 Å². The van der Waals surface area contributed by atoms with Crippen molar-refractivity contribution in [3.8, 4) is 0 Å². The van der Waals surface area contributed by atoms with Gasteiger partial charge in [0.25, 0.3) is 0 Å². The highest BCUT2D eigenvalue weighted by Gasteiger charge is 2.16. The Morgan fingerprint density at radius 3 is 2.32 bits per heavy atom. The Balaban J connectivity index is 3.98. The van der Waals surface area contributed by atoms with Crippen molar-refractivity contribution in [2.45, 2.75) is 58.9 Å². The third kappa shape index (κ3) is 8.59. The zero-order chi connectivity index (χ0) is 14.8. The molecular formula is C14H28N2O3. The number of carbonyl (C=O) groups is 2. The summed E-state index contributed by atoms with van der Waals surface area (Å²) in [5.74, 6) is -0.137. The number of nitrogens with one attached hydrogen (secondary N) is 1. The van der Waals surface area contributed by atoms with E-state index in [0.29, 0.717) is 31.2 Å². The van der Waals surface area contributed by atoms with Crippen LogP contribution in [0.25, 0.3) is 0 Å². The summed E-state index contributed by atoms with van der Waals surface area (Å²) < 4.78 is 0. The van der Waals surface area contributed by atoms with Crippen molar-refractivity contribution in [1.82, 2.24) is 5.32 Å².